The number of fused-ring (bicyclic) bond motifs is 1. The predicted octanol–water partition coefficient (Wildman–Crippen LogP) is 2.85. The molecule has 0 saturated heterocycles. The van der Waals surface area contributed by atoms with Crippen LogP contribution in [0.3, 0.4) is 0 Å². The summed E-state index contributed by atoms with van der Waals surface area (Å²) in [6, 6.07) is 5.78. The summed E-state index contributed by atoms with van der Waals surface area (Å²) in [4.78, 5) is 11.8. The van der Waals surface area contributed by atoms with Crippen LogP contribution in [0.15, 0.2) is 30.6 Å². The van der Waals surface area contributed by atoms with E-state index in [1.807, 2.05) is 29.7 Å². The summed E-state index contributed by atoms with van der Waals surface area (Å²) in [7, 11) is 1.60. The Hall–Kier alpha value is -2.21. The predicted molar refractivity (Wildman–Crippen MR) is 79.5 cm³/mol. The molecule has 3 aromatic rings. The van der Waals surface area contributed by atoms with E-state index in [0.717, 1.165) is 22.3 Å². The van der Waals surface area contributed by atoms with Gasteiger partial charge in [0.15, 0.2) is 10.4 Å². The van der Waals surface area contributed by atoms with Crippen molar-refractivity contribution in [3.05, 3.63) is 46.5 Å². The lowest BCUT2D eigenvalue weighted by atomic mass is 10.2. The van der Waals surface area contributed by atoms with Gasteiger partial charge in [-0.15, -0.1) is 0 Å². The van der Waals surface area contributed by atoms with Crippen LogP contribution in [0.25, 0.3) is 11.2 Å². The number of aromatic amines is 1. The van der Waals surface area contributed by atoms with Gasteiger partial charge in [0.05, 0.1) is 19.2 Å². The number of rotatable bonds is 3. The summed E-state index contributed by atoms with van der Waals surface area (Å²) >= 11 is 5.38. The number of hydrogen-bond donors (Lipinski definition) is 1. The number of nitrogens with zero attached hydrogens (tertiary/aromatic N) is 3. The second kappa shape index (κ2) is 5.05. The molecule has 0 atom stereocenters. The first-order valence-corrected chi connectivity index (χ1v) is 6.63. The molecule has 6 heteroatoms. The van der Waals surface area contributed by atoms with Gasteiger partial charge in [0.25, 0.3) is 0 Å². The van der Waals surface area contributed by atoms with Gasteiger partial charge < -0.3 is 9.72 Å². The number of ether oxygens (including phenoxy) is 1. The number of methoxy groups -OCH3 is 1. The van der Waals surface area contributed by atoms with Crippen molar-refractivity contribution in [2.75, 3.05) is 7.11 Å². The number of aromatic nitrogens is 4. The first-order valence-electron chi connectivity index (χ1n) is 6.22. The summed E-state index contributed by atoms with van der Waals surface area (Å²) in [6.07, 6.45) is 3.58. The first-order chi connectivity index (χ1) is 9.69. The summed E-state index contributed by atoms with van der Waals surface area (Å²) < 4.78 is 7.69. The van der Waals surface area contributed by atoms with Gasteiger partial charge in [0, 0.05) is 18.5 Å². The molecule has 0 amide bonds. The molecule has 0 bridgehead atoms. The largest absolute Gasteiger partial charge is 0.481 e. The van der Waals surface area contributed by atoms with Crippen LogP contribution < -0.4 is 4.74 Å². The molecule has 0 aliphatic heterocycles. The van der Waals surface area contributed by atoms with E-state index in [1.165, 1.54) is 0 Å². The van der Waals surface area contributed by atoms with Crippen LogP contribution in [0.5, 0.6) is 5.88 Å². The normalized spacial score (nSPS) is 10.9. The molecule has 102 valence electrons. The fourth-order valence-electron chi connectivity index (χ4n) is 2.13. The van der Waals surface area contributed by atoms with Gasteiger partial charge >= 0.3 is 0 Å². The van der Waals surface area contributed by atoms with E-state index in [0.29, 0.717) is 17.2 Å². The summed E-state index contributed by atoms with van der Waals surface area (Å²) in [5.41, 5.74) is 4.03. The minimum absolute atomic E-state index is 0.602. The Bertz CT molecular complexity index is 804. The van der Waals surface area contributed by atoms with Crippen molar-refractivity contribution in [3.63, 3.8) is 0 Å². The molecule has 3 aromatic heterocycles. The highest BCUT2D eigenvalue weighted by Gasteiger charge is 2.08. The molecule has 0 fully saturated rings. The van der Waals surface area contributed by atoms with Crippen molar-refractivity contribution in [1.82, 2.24) is 19.5 Å². The fraction of sp³-hybridized carbons (Fsp3) is 0.214. The van der Waals surface area contributed by atoms with Crippen LogP contribution in [0.4, 0.5) is 0 Å². The molecule has 0 spiro atoms. The van der Waals surface area contributed by atoms with E-state index in [1.54, 1.807) is 19.5 Å². The molecule has 0 radical (unpaired) electrons. The van der Waals surface area contributed by atoms with E-state index in [9.17, 15) is 0 Å². The number of nitrogens with one attached hydrogen (secondary N) is 1. The van der Waals surface area contributed by atoms with Gasteiger partial charge in [0.2, 0.25) is 5.88 Å². The molecule has 20 heavy (non-hydrogen) atoms. The van der Waals surface area contributed by atoms with Gasteiger partial charge in [-0.3, -0.25) is 4.57 Å². The van der Waals surface area contributed by atoms with Crippen LogP contribution in [0, 0.1) is 11.7 Å². The summed E-state index contributed by atoms with van der Waals surface area (Å²) in [5.74, 6) is 0.602. The van der Waals surface area contributed by atoms with E-state index in [-0.39, 0.29) is 0 Å². The van der Waals surface area contributed by atoms with Crippen molar-refractivity contribution >= 4 is 23.4 Å². The lowest BCUT2D eigenvalue weighted by Gasteiger charge is -2.05. The average molecular weight is 286 g/mol. The summed E-state index contributed by atoms with van der Waals surface area (Å²) in [6.45, 7) is 2.67. The number of pyridine rings is 2. The van der Waals surface area contributed by atoms with Crippen LogP contribution in [0.1, 0.15) is 11.1 Å². The Morgan fingerprint density at radius 1 is 1.30 bits per heavy atom. The van der Waals surface area contributed by atoms with Gasteiger partial charge in [-0.1, -0.05) is 6.07 Å². The molecule has 0 aliphatic carbocycles. The van der Waals surface area contributed by atoms with Crippen molar-refractivity contribution in [3.8, 4) is 5.88 Å². The van der Waals surface area contributed by atoms with Gasteiger partial charge in [-0.25, -0.2) is 9.97 Å². The Labute approximate surface area is 121 Å². The van der Waals surface area contributed by atoms with Crippen molar-refractivity contribution in [2.24, 2.45) is 0 Å². The van der Waals surface area contributed by atoms with Crippen LogP contribution in [-0.2, 0) is 6.54 Å². The highest BCUT2D eigenvalue weighted by atomic mass is 32.1. The second-order valence-electron chi connectivity index (χ2n) is 4.55. The Kier molecular flexibility index (Phi) is 3.23. The molecule has 1 N–H and O–H groups in total. The molecule has 0 unspecified atom stereocenters. The summed E-state index contributed by atoms with van der Waals surface area (Å²) in [5, 5.41) is 0. The molecule has 0 aromatic carbocycles. The number of imidazole rings is 1. The smallest absolute Gasteiger partial charge is 0.212 e. The molecule has 3 heterocycles. The third kappa shape index (κ3) is 2.18. The number of hydrogen-bond acceptors (Lipinski definition) is 4. The van der Waals surface area contributed by atoms with E-state index >= 15 is 0 Å². The number of H-pyrrole nitrogens is 1. The second-order valence-corrected chi connectivity index (χ2v) is 4.94. The minimum atomic E-state index is 0.602. The molecule has 3 rings (SSSR count). The standard InChI is InChI=1S/C14H14N4OS/c1-9-5-6-15-13-12(9)17-14(20)18(13)8-10-3-4-11(19-2)16-7-10/h3-7H,8H2,1-2H3,(H,17,20). The zero-order chi connectivity index (χ0) is 14.1. The maximum absolute atomic E-state index is 5.38. The number of aryl methyl sites for hydroxylation is 1. The first kappa shape index (κ1) is 12.8. The van der Waals surface area contributed by atoms with E-state index in [2.05, 4.69) is 15.0 Å². The highest BCUT2D eigenvalue weighted by Crippen LogP contribution is 2.17. The monoisotopic (exact) mass is 286 g/mol. The third-order valence-corrected chi connectivity index (χ3v) is 3.54. The highest BCUT2D eigenvalue weighted by molar-refractivity contribution is 7.71. The van der Waals surface area contributed by atoms with Crippen LogP contribution >= 0.6 is 12.2 Å². The van der Waals surface area contributed by atoms with Crippen LogP contribution in [-0.4, -0.2) is 26.6 Å². The average Bonchev–Trinajstić information content (AvgIpc) is 2.78. The van der Waals surface area contributed by atoms with E-state index in [4.69, 9.17) is 17.0 Å². The molecular formula is C14H14N4OS. The van der Waals surface area contributed by atoms with Crippen LogP contribution in [0.2, 0.25) is 0 Å². The maximum Gasteiger partial charge on any atom is 0.212 e. The topological polar surface area (TPSA) is 55.7 Å². The van der Waals surface area contributed by atoms with Gasteiger partial charge in [0.1, 0.15) is 0 Å². The molecular weight excluding hydrogens is 272 g/mol. The van der Waals surface area contributed by atoms with Crippen molar-refractivity contribution in [2.45, 2.75) is 13.5 Å². The fourth-order valence-corrected chi connectivity index (χ4v) is 2.38. The zero-order valence-electron chi connectivity index (χ0n) is 11.3. The lowest BCUT2D eigenvalue weighted by molar-refractivity contribution is 0.397. The minimum Gasteiger partial charge on any atom is -0.481 e. The van der Waals surface area contributed by atoms with Crippen molar-refractivity contribution in [1.29, 1.82) is 0 Å². The van der Waals surface area contributed by atoms with Crippen molar-refractivity contribution < 1.29 is 4.74 Å². The SMILES string of the molecule is COc1ccc(Cn2c(=S)[nH]c3c(C)ccnc32)cn1. The molecule has 0 saturated carbocycles. The lowest BCUT2D eigenvalue weighted by Crippen LogP contribution is -2.01. The third-order valence-electron chi connectivity index (χ3n) is 3.22. The van der Waals surface area contributed by atoms with Gasteiger partial charge in [-0.05, 0) is 36.3 Å². The molecule has 0 aliphatic rings. The van der Waals surface area contributed by atoms with E-state index < -0.39 is 0 Å². The Balaban J connectivity index is 2.04. The molecule has 5 nitrogen and oxygen atoms in total. The van der Waals surface area contributed by atoms with Gasteiger partial charge in [-0.2, -0.15) is 0 Å². The Morgan fingerprint density at radius 3 is 2.85 bits per heavy atom. The Morgan fingerprint density at radius 2 is 2.15 bits per heavy atom. The maximum atomic E-state index is 5.38. The quantitative estimate of drug-likeness (QED) is 0.752. The zero-order valence-corrected chi connectivity index (χ0v) is 12.1.